The van der Waals surface area contributed by atoms with Crippen LogP contribution in [0.15, 0.2) is 60.7 Å². The van der Waals surface area contributed by atoms with E-state index in [1.54, 1.807) is 0 Å². The molecule has 0 fully saturated rings. The summed E-state index contributed by atoms with van der Waals surface area (Å²) < 4.78 is 0. The van der Waals surface area contributed by atoms with Crippen LogP contribution in [0.5, 0.6) is 0 Å². The molecule has 0 saturated carbocycles. The molecule has 0 amide bonds. The van der Waals surface area contributed by atoms with Gasteiger partial charge in [0.05, 0.1) is 0 Å². The first-order valence-corrected chi connectivity index (χ1v) is 8.59. The van der Waals surface area contributed by atoms with Crippen molar-refractivity contribution in [3.05, 3.63) is 60.7 Å². The zero-order valence-corrected chi connectivity index (χ0v) is 11.0. The summed E-state index contributed by atoms with van der Waals surface area (Å²) in [5, 5.41) is 3.06. The van der Waals surface area contributed by atoms with Gasteiger partial charge in [-0.05, 0) is 0 Å². The van der Waals surface area contributed by atoms with Crippen LogP contribution in [0.25, 0.3) is 0 Å². The van der Waals surface area contributed by atoms with Crippen LogP contribution in [0.3, 0.4) is 0 Å². The molecule has 0 saturated heterocycles. The third-order valence-corrected chi connectivity index (χ3v) is 8.16. The molecular formula is C15H19P. The van der Waals surface area contributed by atoms with E-state index < -0.39 is 7.26 Å². The van der Waals surface area contributed by atoms with Crippen LogP contribution >= 0.6 is 7.26 Å². The fourth-order valence-electron chi connectivity index (χ4n) is 2.19. The first-order valence-electron chi connectivity index (χ1n) is 5.88. The van der Waals surface area contributed by atoms with E-state index in [0.29, 0.717) is 0 Å². The Morgan fingerprint density at radius 1 is 0.750 bits per heavy atom. The molecule has 0 spiro atoms. The zero-order chi connectivity index (χ0) is 11.4. The van der Waals surface area contributed by atoms with Gasteiger partial charge < -0.3 is 0 Å². The fourth-order valence-corrected chi connectivity index (χ4v) is 5.19. The van der Waals surface area contributed by atoms with Crippen LogP contribution in [0.1, 0.15) is 6.92 Å². The average molecular weight is 230 g/mol. The fraction of sp³-hybridized carbons (Fsp3) is 0.200. The third-order valence-electron chi connectivity index (χ3n) is 3.53. The predicted molar refractivity (Wildman–Crippen MR) is 76.9 cm³/mol. The quantitative estimate of drug-likeness (QED) is 0.711. The van der Waals surface area contributed by atoms with Crippen LogP contribution < -0.4 is 10.6 Å². The van der Waals surface area contributed by atoms with Crippen molar-refractivity contribution in [2.24, 2.45) is 0 Å². The molecule has 0 aliphatic heterocycles. The van der Waals surface area contributed by atoms with E-state index >= 15 is 0 Å². The molecule has 84 valence electrons. The zero-order valence-electron chi connectivity index (χ0n) is 9.98. The standard InChI is InChI=1S/C15H19P/c1-3-16(2,14-10-6-4-7-11-14)15-12-8-5-9-13-15/h4-13,16H,3H2,1-2H3. The molecule has 0 nitrogen and oxygen atoms in total. The Kier molecular flexibility index (Phi) is 3.41. The molecule has 0 atom stereocenters. The van der Waals surface area contributed by atoms with Crippen LogP contribution in [0.2, 0.25) is 0 Å². The molecule has 0 heterocycles. The van der Waals surface area contributed by atoms with Gasteiger partial charge in [0.1, 0.15) is 0 Å². The average Bonchev–Trinajstić information content (AvgIpc) is 2.40. The molecule has 2 aromatic carbocycles. The molecule has 1 heteroatoms. The summed E-state index contributed by atoms with van der Waals surface area (Å²) >= 11 is 0. The summed E-state index contributed by atoms with van der Waals surface area (Å²) in [4.78, 5) is 0. The van der Waals surface area contributed by atoms with E-state index in [1.807, 2.05) is 0 Å². The summed E-state index contributed by atoms with van der Waals surface area (Å²) in [6, 6.07) is 21.9. The molecule has 0 unspecified atom stereocenters. The van der Waals surface area contributed by atoms with Gasteiger partial charge in [0, 0.05) is 0 Å². The van der Waals surface area contributed by atoms with E-state index in [1.165, 1.54) is 16.8 Å². The molecule has 0 aliphatic rings. The third kappa shape index (κ3) is 2.03. The SMILES string of the molecule is CC[PH](C)(c1ccccc1)c1ccccc1. The van der Waals surface area contributed by atoms with Gasteiger partial charge in [0.25, 0.3) is 0 Å². The Hall–Kier alpha value is -1.13. The topological polar surface area (TPSA) is 0 Å². The molecule has 0 bridgehead atoms. The van der Waals surface area contributed by atoms with Gasteiger partial charge >= 0.3 is 98.3 Å². The van der Waals surface area contributed by atoms with Crippen molar-refractivity contribution in [2.75, 3.05) is 12.8 Å². The van der Waals surface area contributed by atoms with Crippen molar-refractivity contribution in [1.29, 1.82) is 0 Å². The summed E-state index contributed by atoms with van der Waals surface area (Å²) in [5.74, 6) is 0. The number of hydrogen-bond donors (Lipinski definition) is 0. The molecule has 0 N–H and O–H groups in total. The molecular weight excluding hydrogens is 211 g/mol. The van der Waals surface area contributed by atoms with Crippen molar-refractivity contribution in [3.8, 4) is 0 Å². The van der Waals surface area contributed by atoms with Gasteiger partial charge in [-0.25, -0.2) is 0 Å². The van der Waals surface area contributed by atoms with E-state index in [0.717, 1.165) is 0 Å². The van der Waals surface area contributed by atoms with E-state index in [4.69, 9.17) is 0 Å². The molecule has 0 aliphatic carbocycles. The molecule has 2 aromatic rings. The summed E-state index contributed by atoms with van der Waals surface area (Å²) in [6.45, 7) is 4.77. The molecule has 0 aromatic heterocycles. The number of rotatable bonds is 3. The number of hydrogen-bond acceptors (Lipinski definition) is 0. The van der Waals surface area contributed by atoms with Crippen molar-refractivity contribution in [2.45, 2.75) is 6.92 Å². The van der Waals surface area contributed by atoms with E-state index in [-0.39, 0.29) is 0 Å². The van der Waals surface area contributed by atoms with Gasteiger partial charge in [-0.1, -0.05) is 0 Å². The second-order valence-electron chi connectivity index (χ2n) is 4.42. The minimum absolute atomic E-state index is 1.25. The normalized spacial score (nSPS) is 12.4. The maximum atomic E-state index is 2.46. The van der Waals surface area contributed by atoms with Gasteiger partial charge in [-0.15, -0.1) is 0 Å². The van der Waals surface area contributed by atoms with Crippen LogP contribution in [-0.4, -0.2) is 12.8 Å². The van der Waals surface area contributed by atoms with E-state index in [2.05, 4.69) is 74.3 Å². The predicted octanol–water partition coefficient (Wildman–Crippen LogP) is 3.04. The van der Waals surface area contributed by atoms with Crippen LogP contribution in [0.4, 0.5) is 0 Å². The van der Waals surface area contributed by atoms with Gasteiger partial charge in [-0.3, -0.25) is 0 Å². The first-order chi connectivity index (χ1) is 7.77. The molecule has 16 heavy (non-hydrogen) atoms. The summed E-state index contributed by atoms with van der Waals surface area (Å²) in [6.07, 6.45) is 1.25. The van der Waals surface area contributed by atoms with Crippen LogP contribution in [-0.2, 0) is 0 Å². The van der Waals surface area contributed by atoms with Crippen molar-refractivity contribution >= 4 is 17.9 Å². The van der Waals surface area contributed by atoms with Gasteiger partial charge in [0.2, 0.25) is 0 Å². The first kappa shape index (κ1) is 11.4. The summed E-state index contributed by atoms with van der Waals surface area (Å²) in [7, 11) is -1.48. The second kappa shape index (κ2) is 4.80. The van der Waals surface area contributed by atoms with Crippen molar-refractivity contribution in [3.63, 3.8) is 0 Å². The Morgan fingerprint density at radius 2 is 1.12 bits per heavy atom. The van der Waals surface area contributed by atoms with Gasteiger partial charge in [0.15, 0.2) is 0 Å². The minimum atomic E-state index is -1.48. The Balaban J connectivity index is 2.49. The molecule has 2 rings (SSSR count). The summed E-state index contributed by atoms with van der Waals surface area (Å²) in [5.41, 5.74) is 0. The Morgan fingerprint density at radius 3 is 1.44 bits per heavy atom. The number of benzene rings is 2. The monoisotopic (exact) mass is 230 g/mol. The van der Waals surface area contributed by atoms with Crippen LogP contribution in [0, 0.1) is 0 Å². The van der Waals surface area contributed by atoms with E-state index in [9.17, 15) is 0 Å². The van der Waals surface area contributed by atoms with Crippen molar-refractivity contribution in [1.82, 2.24) is 0 Å². The van der Waals surface area contributed by atoms with Crippen molar-refractivity contribution < 1.29 is 0 Å². The Labute approximate surface area is 98.7 Å². The maximum absolute atomic E-state index is 2.46. The van der Waals surface area contributed by atoms with Gasteiger partial charge in [-0.2, -0.15) is 0 Å². The Bertz CT molecular complexity index is 394. The second-order valence-corrected chi connectivity index (χ2v) is 8.94. The molecule has 0 radical (unpaired) electrons.